The van der Waals surface area contributed by atoms with Crippen LogP contribution in [0.3, 0.4) is 0 Å². The highest BCUT2D eigenvalue weighted by molar-refractivity contribution is 6.20. The maximum Gasteiger partial charge on any atom is 0.226 e. The minimum absolute atomic E-state index is 0.180. The molecule has 5 nitrogen and oxygen atoms in total. The Morgan fingerprint density at radius 2 is 1.93 bits per heavy atom. The van der Waals surface area contributed by atoms with Gasteiger partial charge in [0.25, 0.3) is 0 Å². The molecule has 1 fully saturated rings. The summed E-state index contributed by atoms with van der Waals surface area (Å²) >= 11 is 0. The lowest BCUT2D eigenvalue weighted by Gasteiger charge is -2.37. The van der Waals surface area contributed by atoms with Crippen molar-refractivity contribution in [2.75, 3.05) is 11.5 Å². The van der Waals surface area contributed by atoms with E-state index in [0.29, 0.717) is 24.3 Å². The summed E-state index contributed by atoms with van der Waals surface area (Å²) in [5.41, 5.74) is 1.82. The van der Waals surface area contributed by atoms with E-state index in [1.807, 2.05) is 50.2 Å². The lowest BCUT2D eigenvalue weighted by molar-refractivity contribution is -0.155. The summed E-state index contributed by atoms with van der Waals surface area (Å²) in [4.78, 5) is 27.7. The van der Waals surface area contributed by atoms with E-state index in [1.165, 1.54) is 11.8 Å². The number of amides is 1. The van der Waals surface area contributed by atoms with Crippen molar-refractivity contribution in [2.24, 2.45) is 0 Å². The van der Waals surface area contributed by atoms with Gasteiger partial charge in [0.05, 0.1) is 5.69 Å². The van der Waals surface area contributed by atoms with Gasteiger partial charge in [-0.25, -0.2) is 0 Å². The molecule has 3 atom stereocenters. The maximum absolute atomic E-state index is 13.6. The van der Waals surface area contributed by atoms with Crippen LogP contribution in [0.4, 0.5) is 5.69 Å². The van der Waals surface area contributed by atoms with E-state index in [9.17, 15) is 9.59 Å². The third-order valence-electron chi connectivity index (χ3n) is 5.41. The minimum atomic E-state index is -1.40. The van der Waals surface area contributed by atoms with Crippen molar-refractivity contribution in [2.45, 2.75) is 45.1 Å². The van der Waals surface area contributed by atoms with E-state index in [-0.39, 0.29) is 17.6 Å². The Morgan fingerprint density at radius 1 is 1.22 bits per heavy atom. The van der Waals surface area contributed by atoms with Crippen LogP contribution in [0.2, 0.25) is 0 Å². The predicted octanol–water partition coefficient (Wildman–Crippen LogP) is 3.81. The molecule has 0 N–H and O–H groups in total. The Balaban J connectivity index is 1.89. The molecule has 0 radical (unpaired) electrons. The van der Waals surface area contributed by atoms with E-state index in [4.69, 9.17) is 9.47 Å². The number of hydrogen-bond acceptors (Lipinski definition) is 4. The monoisotopic (exact) mass is 365 g/mol. The summed E-state index contributed by atoms with van der Waals surface area (Å²) < 4.78 is 12.0. The van der Waals surface area contributed by atoms with Crippen molar-refractivity contribution in [3.63, 3.8) is 0 Å². The molecular weight excluding hydrogens is 342 g/mol. The molecule has 2 aliphatic rings. The molecule has 1 spiro atoms. The number of Topliss-reactive ketones (excluding diaryl/α,β-unsaturated/α-hetero) is 1. The number of carbonyl (C=O) groups excluding carboxylic acids is 2. The van der Waals surface area contributed by atoms with Gasteiger partial charge in [0.15, 0.2) is 6.29 Å². The number of nitrogens with zero attached hydrogens (tertiary/aromatic N) is 1. The first kappa shape index (κ1) is 17.9. The highest BCUT2D eigenvalue weighted by atomic mass is 16.7. The van der Waals surface area contributed by atoms with E-state index >= 15 is 0 Å². The molecule has 2 aliphatic heterocycles. The zero-order chi connectivity index (χ0) is 19.2. The van der Waals surface area contributed by atoms with E-state index in [0.717, 1.165) is 11.1 Å². The first-order valence-corrected chi connectivity index (χ1v) is 9.29. The number of ether oxygens (including phenoxy) is 2. The van der Waals surface area contributed by atoms with Crippen LogP contribution in [0, 0.1) is 6.92 Å². The van der Waals surface area contributed by atoms with E-state index in [2.05, 4.69) is 0 Å². The summed E-state index contributed by atoms with van der Waals surface area (Å²) in [6.45, 7) is 5.86. The van der Waals surface area contributed by atoms with Gasteiger partial charge >= 0.3 is 0 Å². The van der Waals surface area contributed by atoms with Gasteiger partial charge in [0.1, 0.15) is 0 Å². The minimum Gasteiger partial charge on any atom is -0.353 e. The first-order valence-electron chi connectivity index (χ1n) is 9.29. The Morgan fingerprint density at radius 3 is 2.59 bits per heavy atom. The normalized spacial score (nSPS) is 26.6. The van der Waals surface area contributed by atoms with E-state index in [1.54, 1.807) is 12.1 Å². The van der Waals surface area contributed by atoms with Crippen LogP contribution in [-0.2, 0) is 14.3 Å². The van der Waals surface area contributed by atoms with Crippen molar-refractivity contribution in [1.29, 1.82) is 0 Å². The number of fused-ring (bicyclic) bond motifs is 1. The van der Waals surface area contributed by atoms with Gasteiger partial charge in [-0.05, 0) is 31.5 Å². The standard InChI is InChI=1S/C22H23NO4/c1-4-26-20-13-18(16-11-9-14(2)10-12-16)22(27-20)21(25)17-7-5-6-8-19(17)23(22)15(3)24/h5-12,18,20H,4,13H2,1-3H3. The number of anilines is 1. The fourth-order valence-corrected chi connectivity index (χ4v) is 4.29. The van der Waals surface area contributed by atoms with Crippen LogP contribution in [-0.4, -0.2) is 30.3 Å². The topological polar surface area (TPSA) is 55.8 Å². The molecule has 5 heteroatoms. The molecular formula is C22H23NO4. The average molecular weight is 365 g/mol. The molecule has 2 aromatic rings. The molecule has 0 saturated carbocycles. The van der Waals surface area contributed by atoms with Gasteiger partial charge in [0.2, 0.25) is 17.4 Å². The number of para-hydroxylation sites is 1. The Bertz CT molecular complexity index is 891. The van der Waals surface area contributed by atoms with Gasteiger partial charge in [-0.3, -0.25) is 14.5 Å². The third kappa shape index (κ3) is 2.61. The maximum atomic E-state index is 13.6. The summed E-state index contributed by atoms with van der Waals surface area (Å²) in [7, 11) is 0. The second-order valence-electron chi connectivity index (χ2n) is 7.10. The smallest absolute Gasteiger partial charge is 0.226 e. The molecule has 2 heterocycles. The quantitative estimate of drug-likeness (QED) is 0.830. The number of rotatable bonds is 3. The third-order valence-corrected chi connectivity index (χ3v) is 5.41. The van der Waals surface area contributed by atoms with Gasteiger partial charge in [-0.1, -0.05) is 42.0 Å². The molecule has 0 bridgehead atoms. The van der Waals surface area contributed by atoms with Crippen LogP contribution < -0.4 is 4.90 Å². The largest absolute Gasteiger partial charge is 0.353 e. The molecule has 1 saturated heterocycles. The Kier molecular flexibility index (Phi) is 4.36. The van der Waals surface area contributed by atoms with Crippen molar-refractivity contribution in [1.82, 2.24) is 0 Å². The Hall–Kier alpha value is -2.50. The molecule has 0 aromatic heterocycles. The zero-order valence-corrected chi connectivity index (χ0v) is 15.8. The second-order valence-corrected chi connectivity index (χ2v) is 7.10. The van der Waals surface area contributed by atoms with Gasteiger partial charge in [-0.15, -0.1) is 0 Å². The lowest BCUT2D eigenvalue weighted by atomic mass is 9.84. The highest BCUT2D eigenvalue weighted by Gasteiger charge is 2.64. The number of aryl methyl sites for hydroxylation is 1. The molecule has 3 unspecified atom stereocenters. The molecule has 140 valence electrons. The molecule has 0 aliphatic carbocycles. The number of hydrogen-bond donors (Lipinski definition) is 0. The first-order chi connectivity index (χ1) is 13.0. The van der Waals surface area contributed by atoms with Crippen molar-refractivity contribution in [3.05, 3.63) is 65.2 Å². The van der Waals surface area contributed by atoms with Crippen LogP contribution in [0.15, 0.2) is 48.5 Å². The second kappa shape index (κ2) is 6.59. The zero-order valence-electron chi connectivity index (χ0n) is 15.8. The van der Waals surface area contributed by atoms with Gasteiger partial charge < -0.3 is 9.47 Å². The van der Waals surface area contributed by atoms with E-state index < -0.39 is 12.0 Å². The van der Waals surface area contributed by atoms with Gasteiger partial charge in [-0.2, -0.15) is 0 Å². The average Bonchev–Trinajstić information content (AvgIpc) is 3.13. The van der Waals surface area contributed by atoms with Crippen molar-refractivity contribution >= 4 is 17.4 Å². The van der Waals surface area contributed by atoms with Crippen molar-refractivity contribution in [3.8, 4) is 0 Å². The lowest BCUT2D eigenvalue weighted by Crippen LogP contribution is -2.56. The van der Waals surface area contributed by atoms with Crippen LogP contribution in [0.1, 0.15) is 47.7 Å². The number of carbonyl (C=O) groups is 2. The molecule has 2 aromatic carbocycles. The number of ketones is 1. The summed E-state index contributed by atoms with van der Waals surface area (Å²) in [5, 5.41) is 0. The summed E-state index contributed by atoms with van der Waals surface area (Å²) in [6, 6.07) is 15.2. The molecule has 27 heavy (non-hydrogen) atoms. The number of benzene rings is 2. The summed E-state index contributed by atoms with van der Waals surface area (Å²) in [5.74, 6) is -0.706. The van der Waals surface area contributed by atoms with Crippen molar-refractivity contribution < 1.29 is 19.1 Å². The van der Waals surface area contributed by atoms with Crippen LogP contribution in [0.5, 0.6) is 0 Å². The van der Waals surface area contributed by atoms with Crippen LogP contribution in [0.25, 0.3) is 0 Å². The highest BCUT2D eigenvalue weighted by Crippen LogP contribution is 2.53. The predicted molar refractivity (Wildman–Crippen MR) is 102 cm³/mol. The fraction of sp³-hybridized carbons (Fsp3) is 0.364. The van der Waals surface area contributed by atoms with Gasteiger partial charge in [0, 0.05) is 31.4 Å². The fourth-order valence-electron chi connectivity index (χ4n) is 4.29. The summed E-state index contributed by atoms with van der Waals surface area (Å²) in [6.07, 6.45) is -0.0261. The Labute approximate surface area is 158 Å². The van der Waals surface area contributed by atoms with Crippen LogP contribution >= 0.6 is 0 Å². The molecule has 4 rings (SSSR count). The SMILES string of the molecule is CCOC1CC(c2ccc(C)cc2)C2(O1)C(=O)c1ccccc1N2C(C)=O. The molecule has 1 amide bonds.